The van der Waals surface area contributed by atoms with Gasteiger partial charge in [-0.25, -0.2) is 0 Å². The van der Waals surface area contributed by atoms with E-state index in [-0.39, 0.29) is 0 Å². The fourth-order valence-electron chi connectivity index (χ4n) is 11.0. The van der Waals surface area contributed by atoms with Crippen LogP contribution in [0.4, 0.5) is 0 Å². The summed E-state index contributed by atoms with van der Waals surface area (Å²) in [6.45, 7) is 2.19. The van der Waals surface area contributed by atoms with Gasteiger partial charge in [-0.15, -0.1) is 0 Å². The van der Waals surface area contributed by atoms with Gasteiger partial charge in [0, 0.05) is 73.7 Å². The number of aryl methyl sites for hydroxylation is 1. The minimum Gasteiger partial charge on any atom is -0.265 e. The third-order valence-electron chi connectivity index (χ3n) is 14.2. The van der Waals surface area contributed by atoms with Gasteiger partial charge in [0.15, 0.2) is 29.5 Å². The maximum absolute atomic E-state index is 4.15. The molecule has 0 spiro atoms. The average Bonchev–Trinajstić information content (AvgIpc) is 3.42. The highest BCUT2D eigenvalue weighted by Crippen LogP contribution is 2.45. The van der Waals surface area contributed by atoms with Gasteiger partial charge >= 0.3 is 0 Å². The Hall–Kier alpha value is -7.29. The van der Waals surface area contributed by atoms with Crippen LogP contribution in [0.5, 0.6) is 0 Å². The molecule has 7 heterocycles. The van der Waals surface area contributed by atoms with Crippen molar-refractivity contribution in [3.63, 3.8) is 0 Å². The fourth-order valence-corrected chi connectivity index (χ4v) is 14.5. The van der Waals surface area contributed by atoms with E-state index in [2.05, 4.69) is 220 Å². The van der Waals surface area contributed by atoms with Crippen molar-refractivity contribution >= 4 is 122 Å². The third kappa shape index (κ3) is 6.63. The largest absolute Gasteiger partial charge is 0.265 e. The number of hydrogen-bond acceptors (Lipinski definition) is 4. The zero-order chi connectivity index (χ0) is 45.6. The summed E-state index contributed by atoms with van der Waals surface area (Å²) in [5.41, 5.74) is 11.9. The van der Waals surface area contributed by atoms with Crippen LogP contribution in [-0.2, 0) is 17.6 Å². The Morgan fingerprint density at radius 3 is 1.80 bits per heavy atom. The molecule has 13 aromatic rings. The number of hydrogen-bond donors (Lipinski definition) is 0. The summed E-state index contributed by atoms with van der Waals surface area (Å²) in [6, 6.07) is 68.4. The average molecular weight is 940 g/mol. The molecule has 326 valence electrons. The molecule has 0 radical (unpaired) electrons. The number of rotatable bonds is 2. The van der Waals surface area contributed by atoms with E-state index in [9.17, 15) is 0 Å². The van der Waals surface area contributed by atoms with Crippen molar-refractivity contribution in [2.75, 3.05) is 0 Å². The summed E-state index contributed by atoms with van der Waals surface area (Å²) < 4.78 is 7.29. The fraction of sp³-hybridized carbons (Fsp3) is 0.0645. The van der Waals surface area contributed by atoms with Crippen molar-refractivity contribution in [1.29, 1.82) is 0 Å². The molecule has 0 amide bonds. The van der Waals surface area contributed by atoms with E-state index >= 15 is 0 Å². The van der Waals surface area contributed by atoms with Crippen LogP contribution >= 0.6 is 35.3 Å². The first-order valence-corrected chi connectivity index (χ1v) is 26.4. The molecule has 0 unspecified atom stereocenters. The summed E-state index contributed by atoms with van der Waals surface area (Å²) in [5, 5.41) is 16.2. The lowest BCUT2D eigenvalue weighted by atomic mass is 9.98. The Morgan fingerprint density at radius 1 is 0.406 bits per heavy atom. The topological polar surface area (TPSA) is 24.5 Å². The van der Waals surface area contributed by atoms with Gasteiger partial charge in [-0.1, -0.05) is 144 Å². The van der Waals surface area contributed by atoms with Gasteiger partial charge in [-0.3, -0.25) is 4.98 Å². The van der Waals surface area contributed by atoms with E-state index < -0.39 is 0 Å². The number of pyridine rings is 4. The number of aromatic nitrogens is 4. The monoisotopic (exact) mass is 939 g/mol. The van der Waals surface area contributed by atoms with Gasteiger partial charge in [0.25, 0.3) is 0 Å². The van der Waals surface area contributed by atoms with Gasteiger partial charge in [-0.05, 0) is 110 Å². The van der Waals surface area contributed by atoms with E-state index in [0.717, 1.165) is 17.6 Å². The van der Waals surface area contributed by atoms with Crippen molar-refractivity contribution in [1.82, 2.24) is 4.98 Å². The second-order valence-electron chi connectivity index (χ2n) is 18.0. The lowest BCUT2D eigenvalue weighted by molar-refractivity contribution is -0.655. The second kappa shape index (κ2) is 16.4. The third-order valence-corrected chi connectivity index (χ3v) is 17.5. The Kier molecular flexibility index (Phi) is 9.71. The summed E-state index contributed by atoms with van der Waals surface area (Å²) >= 11 is 5.82. The Morgan fingerprint density at radius 2 is 1.00 bits per heavy atom. The molecule has 0 atom stereocenters. The quantitative estimate of drug-likeness (QED) is 0.0979. The van der Waals surface area contributed by atoms with E-state index in [1.54, 1.807) is 0 Å². The van der Waals surface area contributed by atoms with Crippen LogP contribution in [0.2, 0.25) is 0 Å². The van der Waals surface area contributed by atoms with Crippen molar-refractivity contribution in [3.8, 4) is 22.3 Å². The molecule has 0 saturated carbocycles. The van der Waals surface area contributed by atoms with Gasteiger partial charge in [0.2, 0.25) is 22.1 Å². The van der Waals surface area contributed by atoms with Crippen LogP contribution < -0.4 is 13.7 Å². The van der Waals surface area contributed by atoms with Crippen LogP contribution in [0.25, 0.3) is 109 Å². The minimum absolute atomic E-state index is 0.952. The maximum atomic E-state index is 4.15. The van der Waals surface area contributed by atoms with Crippen molar-refractivity contribution < 1.29 is 13.7 Å². The van der Waals surface area contributed by atoms with E-state index in [0.29, 0.717) is 0 Å². The minimum atomic E-state index is 0.952. The second-order valence-corrected chi connectivity index (χ2v) is 20.9. The molecule has 3 aliphatic rings. The Bertz CT molecular complexity index is 4270. The molecule has 0 fully saturated rings. The highest BCUT2D eigenvalue weighted by Gasteiger charge is 2.29. The van der Waals surface area contributed by atoms with E-state index in [4.69, 9.17) is 0 Å². The number of benzene rings is 9. The molecule has 69 heavy (non-hydrogen) atoms. The molecular formula is C62H43N4S3+3. The SMILES string of the molecule is Cc1ccc2ccc3ccc(-c4ccncc4)c4c3c2[n+]1CS4.c1ccc(-c2ccc3ccc4cc5ccccc5[n+]5c4c3c2SC5)cc1.c1ccc2c(c1)cc1c3c2ccc2ccc[n+](c23)CS1. The first-order valence-electron chi connectivity index (χ1n) is 23.5. The van der Waals surface area contributed by atoms with Crippen LogP contribution in [0.1, 0.15) is 5.69 Å². The van der Waals surface area contributed by atoms with Crippen LogP contribution in [0, 0.1) is 6.92 Å². The number of fused-ring (bicyclic) bond motifs is 4. The predicted molar refractivity (Wildman–Crippen MR) is 291 cm³/mol. The number of nitrogens with zero attached hydrogens (tertiary/aromatic N) is 4. The molecule has 4 aromatic heterocycles. The molecular weight excluding hydrogens is 897 g/mol. The summed E-state index contributed by atoms with van der Waals surface area (Å²) in [5.74, 6) is 2.92. The van der Waals surface area contributed by atoms with Crippen molar-refractivity contribution in [3.05, 3.63) is 212 Å². The predicted octanol–water partition coefficient (Wildman–Crippen LogP) is 15.4. The Labute approximate surface area is 411 Å². The maximum Gasteiger partial charge on any atom is 0.222 e. The molecule has 0 bridgehead atoms. The van der Waals surface area contributed by atoms with Crippen LogP contribution in [0.15, 0.2) is 221 Å². The first kappa shape index (κ1) is 40.7. The zero-order valence-electron chi connectivity index (χ0n) is 37.8. The molecule has 0 saturated heterocycles. The number of para-hydroxylation sites is 1. The van der Waals surface area contributed by atoms with Crippen molar-refractivity contribution in [2.24, 2.45) is 0 Å². The van der Waals surface area contributed by atoms with E-state index in [1.807, 2.05) is 47.7 Å². The summed E-state index contributed by atoms with van der Waals surface area (Å²) in [4.78, 5) is 8.37. The molecule has 3 aliphatic heterocycles. The summed E-state index contributed by atoms with van der Waals surface area (Å²) in [6.07, 6.45) is 5.92. The molecule has 7 heteroatoms. The van der Waals surface area contributed by atoms with E-state index in [1.165, 1.54) is 129 Å². The first-order chi connectivity index (χ1) is 34.1. The normalized spacial score (nSPS) is 13.2. The Balaban J connectivity index is 0.0000000983. The molecule has 16 rings (SSSR count). The zero-order valence-corrected chi connectivity index (χ0v) is 40.2. The molecule has 9 aromatic carbocycles. The highest BCUT2D eigenvalue weighted by atomic mass is 32.2. The lowest BCUT2D eigenvalue weighted by Crippen LogP contribution is -2.38. The molecule has 0 N–H and O–H groups in total. The lowest BCUT2D eigenvalue weighted by Gasteiger charge is -2.18. The number of thioether (sulfide) groups is 3. The molecule has 0 aliphatic carbocycles. The molecule has 4 nitrogen and oxygen atoms in total. The highest BCUT2D eigenvalue weighted by molar-refractivity contribution is 7.99. The van der Waals surface area contributed by atoms with Gasteiger partial charge in [-0.2, -0.15) is 13.7 Å². The van der Waals surface area contributed by atoms with Gasteiger partial charge in [0.05, 0.1) is 16.2 Å². The van der Waals surface area contributed by atoms with Crippen LogP contribution in [-0.4, -0.2) is 4.98 Å². The van der Waals surface area contributed by atoms with Gasteiger partial charge in [0.1, 0.15) is 0 Å². The van der Waals surface area contributed by atoms with Crippen LogP contribution in [0.3, 0.4) is 0 Å². The van der Waals surface area contributed by atoms with Crippen molar-refractivity contribution in [2.45, 2.75) is 39.2 Å². The summed E-state index contributed by atoms with van der Waals surface area (Å²) in [7, 11) is 0. The smallest absolute Gasteiger partial charge is 0.222 e. The van der Waals surface area contributed by atoms with Gasteiger partial charge < -0.3 is 0 Å². The standard InChI is InChI=1S/C24H16NS.C20H15N2S.C18H12NS/c1-2-6-16(7-3-1)20-13-12-17-10-11-19-14-18-8-4-5-9-21(18)25-15-26-24(20)22(17)23(19)25;1-13-2-3-16-5-4-15-6-7-17(14-8-10-21-11-9-14)20-18(15)19(16)22(13)12-23-20;1-2-6-14-13(4-1)10-16-17-15(14)8-7-12-5-3-9-19(11-20-16)18(12)17/h1-14H,15H2;2-11H,12H2,1H3;1-10H,11H2/q3*+1.